The predicted octanol–water partition coefficient (Wildman–Crippen LogP) is 27.7. The number of ether oxygens (including phenoxy) is 4. The van der Waals surface area contributed by atoms with Gasteiger partial charge in [0.15, 0.2) is 12.2 Å². The molecule has 0 heterocycles. The van der Waals surface area contributed by atoms with Crippen molar-refractivity contribution in [2.24, 2.45) is 0 Å². The van der Waals surface area contributed by atoms with Gasteiger partial charge in [0.2, 0.25) is 0 Å². The van der Waals surface area contributed by atoms with Gasteiger partial charge < -0.3 is 33.8 Å². The SMILES string of the molecule is CCCCCCCCCCCCCCCCCCCCCCCC(=O)O[C@H](COC(=O)CCCCCCCCCCCCCCCCCCC)COP(=O)(O)OC[C@@H](O)COP(=O)(O)OC[C@@H](COC(=O)CCCCCCCCCCCCCCC)OC(=O)CCCCCCCCCCCCCCCCCCC. The number of aliphatic hydroxyl groups is 1. The van der Waals surface area contributed by atoms with Crippen molar-refractivity contribution in [1.82, 2.24) is 0 Å². The molecule has 3 N–H and O–H groups in total. The predicted molar refractivity (Wildman–Crippen MR) is 446 cm³/mol. The summed E-state index contributed by atoms with van der Waals surface area (Å²) in [5.41, 5.74) is 0. The van der Waals surface area contributed by atoms with E-state index < -0.39 is 97.5 Å². The van der Waals surface area contributed by atoms with Crippen molar-refractivity contribution in [2.45, 2.75) is 508 Å². The Bertz CT molecular complexity index is 2030. The second-order valence-corrected chi connectivity index (χ2v) is 34.9. The molecule has 2 unspecified atom stereocenters. The van der Waals surface area contributed by atoms with Crippen LogP contribution in [-0.2, 0) is 65.4 Å². The number of phosphoric acid groups is 2. The van der Waals surface area contributed by atoms with Crippen LogP contribution in [0.15, 0.2) is 0 Å². The molecule has 0 aromatic rings. The standard InChI is InChI=1S/C89H174O17P2/c1-5-9-13-17-21-25-29-33-36-39-40-41-42-45-48-52-56-60-64-68-72-76-89(94)106-85(80-100-87(92)74-70-66-62-58-54-50-46-43-37-34-30-26-22-18-14-10-6-2)82-104-108(97,98)102-78-83(90)77-101-107(95,96)103-81-84(79-99-86(91)73-69-65-61-57-53-49-32-28-24-20-16-12-8-4)105-88(93)75-71-67-63-59-55-51-47-44-38-35-31-27-23-19-15-11-7-3/h83-85,90H,5-82H2,1-4H3,(H,95,96)(H,97,98)/t83-,84+,85+/m0/s1. The third kappa shape index (κ3) is 82.1. The van der Waals surface area contributed by atoms with E-state index in [1.165, 1.54) is 321 Å². The molecule has 0 aromatic heterocycles. The molecule has 0 saturated carbocycles. The lowest BCUT2D eigenvalue weighted by Gasteiger charge is -2.21. The normalized spacial score (nSPS) is 13.7. The number of aliphatic hydroxyl groups excluding tert-OH is 1. The van der Waals surface area contributed by atoms with Crippen molar-refractivity contribution in [3.8, 4) is 0 Å². The Hall–Kier alpha value is -1.94. The first-order chi connectivity index (χ1) is 52.7. The van der Waals surface area contributed by atoms with Gasteiger partial charge in [0.25, 0.3) is 0 Å². The maximum Gasteiger partial charge on any atom is 0.472 e. The molecule has 0 rings (SSSR count). The molecule has 642 valence electrons. The highest BCUT2D eigenvalue weighted by atomic mass is 31.2. The number of rotatable bonds is 90. The van der Waals surface area contributed by atoms with Crippen LogP contribution in [0, 0.1) is 0 Å². The Morgan fingerprint density at radius 3 is 0.546 bits per heavy atom. The lowest BCUT2D eigenvalue weighted by atomic mass is 10.0. The van der Waals surface area contributed by atoms with Crippen molar-refractivity contribution < 1.29 is 80.2 Å². The highest BCUT2D eigenvalue weighted by molar-refractivity contribution is 7.47. The molecule has 0 spiro atoms. The van der Waals surface area contributed by atoms with Gasteiger partial charge in [-0.15, -0.1) is 0 Å². The van der Waals surface area contributed by atoms with Crippen molar-refractivity contribution in [2.75, 3.05) is 39.6 Å². The smallest absolute Gasteiger partial charge is 0.462 e. The monoisotopic (exact) mass is 1580 g/mol. The minimum absolute atomic E-state index is 0.110. The second-order valence-electron chi connectivity index (χ2n) is 32.0. The van der Waals surface area contributed by atoms with Crippen LogP contribution in [-0.4, -0.2) is 96.7 Å². The second kappa shape index (κ2) is 83.0. The van der Waals surface area contributed by atoms with Crippen LogP contribution < -0.4 is 0 Å². The third-order valence-electron chi connectivity index (χ3n) is 21.1. The van der Waals surface area contributed by atoms with Crippen LogP contribution in [0.4, 0.5) is 0 Å². The van der Waals surface area contributed by atoms with Gasteiger partial charge in [-0.05, 0) is 25.7 Å². The van der Waals surface area contributed by atoms with Gasteiger partial charge in [0.1, 0.15) is 19.3 Å². The number of unbranched alkanes of at least 4 members (excludes halogenated alkanes) is 64. The lowest BCUT2D eigenvalue weighted by Crippen LogP contribution is -2.30. The van der Waals surface area contributed by atoms with Gasteiger partial charge in [0.05, 0.1) is 26.4 Å². The van der Waals surface area contributed by atoms with E-state index in [2.05, 4.69) is 27.7 Å². The molecule has 0 aromatic carbocycles. The first-order valence-corrected chi connectivity index (χ1v) is 49.3. The summed E-state index contributed by atoms with van der Waals surface area (Å²) >= 11 is 0. The molecule has 17 nitrogen and oxygen atoms in total. The molecule has 0 amide bonds. The van der Waals surface area contributed by atoms with E-state index in [1.54, 1.807) is 0 Å². The van der Waals surface area contributed by atoms with Crippen LogP contribution in [0.2, 0.25) is 0 Å². The van der Waals surface area contributed by atoms with E-state index in [9.17, 15) is 43.2 Å². The average Bonchev–Trinajstić information content (AvgIpc) is 0.890. The highest BCUT2D eigenvalue weighted by Gasteiger charge is 2.30. The number of hydrogen-bond donors (Lipinski definition) is 3. The van der Waals surface area contributed by atoms with E-state index in [0.717, 1.165) is 89.9 Å². The minimum Gasteiger partial charge on any atom is -0.462 e. The van der Waals surface area contributed by atoms with E-state index in [0.29, 0.717) is 25.7 Å². The lowest BCUT2D eigenvalue weighted by molar-refractivity contribution is -0.161. The molecule has 0 aliphatic carbocycles. The third-order valence-corrected chi connectivity index (χ3v) is 23.0. The summed E-state index contributed by atoms with van der Waals surface area (Å²) < 4.78 is 69.0. The Balaban J connectivity index is 5.25. The molecule has 0 fully saturated rings. The molecule has 0 saturated heterocycles. The van der Waals surface area contributed by atoms with E-state index >= 15 is 0 Å². The van der Waals surface area contributed by atoms with Crippen molar-refractivity contribution >= 4 is 39.5 Å². The fourth-order valence-corrected chi connectivity index (χ4v) is 15.6. The quantitative estimate of drug-likeness (QED) is 0.0222. The van der Waals surface area contributed by atoms with Crippen molar-refractivity contribution in [3.63, 3.8) is 0 Å². The average molecular weight is 1580 g/mol. The number of carbonyl (C=O) groups excluding carboxylic acids is 4. The zero-order chi connectivity index (χ0) is 78.9. The zero-order valence-electron chi connectivity index (χ0n) is 70.8. The maximum absolute atomic E-state index is 13.2. The van der Waals surface area contributed by atoms with Crippen LogP contribution in [0.3, 0.4) is 0 Å². The Kier molecular flexibility index (Phi) is 81.5. The van der Waals surface area contributed by atoms with Crippen LogP contribution in [0.1, 0.15) is 490 Å². The molecule has 0 aliphatic rings. The summed E-state index contributed by atoms with van der Waals surface area (Å²) in [4.78, 5) is 73.4. The number of esters is 4. The first-order valence-electron chi connectivity index (χ1n) is 46.3. The summed E-state index contributed by atoms with van der Waals surface area (Å²) in [5, 5.41) is 10.7. The van der Waals surface area contributed by atoms with Gasteiger partial charge in [-0.3, -0.25) is 37.3 Å². The van der Waals surface area contributed by atoms with Crippen molar-refractivity contribution in [3.05, 3.63) is 0 Å². The molecule has 19 heteroatoms. The topological polar surface area (TPSA) is 237 Å². The van der Waals surface area contributed by atoms with E-state index in [-0.39, 0.29) is 25.7 Å². The van der Waals surface area contributed by atoms with E-state index in [1.807, 2.05) is 0 Å². The van der Waals surface area contributed by atoms with Crippen LogP contribution in [0.25, 0.3) is 0 Å². The molecule has 0 aliphatic heterocycles. The first kappa shape index (κ1) is 106. The number of carbonyl (C=O) groups is 4. The Morgan fingerprint density at radius 1 is 0.222 bits per heavy atom. The van der Waals surface area contributed by atoms with Gasteiger partial charge in [-0.1, -0.05) is 439 Å². The molecular weight excluding hydrogens is 1400 g/mol. The van der Waals surface area contributed by atoms with E-state index in [4.69, 9.17) is 37.0 Å². The van der Waals surface area contributed by atoms with Crippen molar-refractivity contribution in [1.29, 1.82) is 0 Å². The van der Waals surface area contributed by atoms with Gasteiger partial charge in [-0.2, -0.15) is 0 Å². The fourth-order valence-electron chi connectivity index (χ4n) is 14.1. The van der Waals surface area contributed by atoms with Gasteiger partial charge >= 0.3 is 39.5 Å². The number of phosphoric ester groups is 2. The number of hydrogen-bond acceptors (Lipinski definition) is 15. The van der Waals surface area contributed by atoms with Crippen LogP contribution in [0.5, 0.6) is 0 Å². The molecular formula is C89H174O17P2. The summed E-state index contributed by atoms with van der Waals surface area (Å²) in [6, 6.07) is 0. The summed E-state index contributed by atoms with van der Waals surface area (Å²) in [6.07, 6.45) is 79.1. The minimum atomic E-state index is -4.97. The van der Waals surface area contributed by atoms with Gasteiger partial charge in [-0.25, -0.2) is 9.13 Å². The van der Waals surface area contributed by atoms with Gasteiger partial charge in [0, 0.05) is 25.7 Å². The summed E-state index contributed by atoms with van der Waals surface area (Å²) in [5.74, 6) is -2.09. The molecule has 5 atom stereocenters. The van der Waals surface area contributed by atoms with Crippen LogP contribution >= 0.6 is 15.6 Å². The summed E-state index contributed by atoms with van der Waals surface area (Å²) in [7, 11) is -9.93. The Labute approximate surface area is 664 Å². The fraction of sp³-hybridized carbons (Fsp3) is 0.955. The molecule has 0 bridgehead atoms. The Morgan fingerprint density at radius 2 is 0.370 bits per heavy atom. The largest absolute Gasteiger partial charge is 0.472 e. The zero-order valence-corrected chi connectivity index (χ0v) is 72.6. The molecule has 108 heavy (non-hydrogen) atoms. The highest BCUT2D eigenvalue weighted by Crippen LogP contribution is 2.45. The summed E-state index contributed by atoms with van der Waals surface area (Å²) in [6.45, 7) is 5.09. The maximum atomic E-state index is 13.2. The molecule has 0 radical (unpaired) electrons.